The van der Waals surface area contributed by atoms with Gasteiger partial charge in [0.2, 0.25) is 11.8 Å². The molecule has 0 aromatic heterocycles. The van der Waals surface area contributed by atoms with Crippen molar-refractivity contribution in [2.75, 3.05) is 12.0 Å². The number of anilines is 1. The van der Waals surface area contributed by atoms with E-state index in [1.807, 2.05) is 18.2 Å². The van der Waals surface area contributed by atoms with Crippen molar-refractivity contribution in [3.8, 4) is 5.75 Å². The Morgan fingerprint density at radius 3 is 1.54 bits per heavy atom. The molecular weight excluding hydrogens is 458 g/mol. The lowest BCUT2D eigenvalue weighted by atomic mass is 9.54. The van der Waals surface area contributed by atoms with Crippen LogP contribution in [0, 0.1) is 11.8 Å². The van der Waals surface area contributed by atoms with Crippen molar-refractivity contribution in [3.05, 3.63) is 94.0 Å². The Bertz CT molecular complexity index is 1370. The van der Waals surface area contributed by atoms with E-state index in [0.717, 1.165) is 0 Å². The van der Waals surface area contributed by atoms with Crippen LogP contribution in [0.3, 0.4) is 0 Å². The molecule has 1 saturated heterocycles. The van der Waals surface area contributed by atoms with Gasteiger partial charge in [-0.25, -0.2) is 4.90 Å². The molecule has 4 unspecified atom stereocenters. The van der Waals surface area contributed by atoms with Crippen molar-refractivity contribution in [2.45, 2.75) is 64.2 Å². The smallest absolute Gasteiger partial charge is 0.238 e. The summed E-state index contributed by atoms with van der Waals surface area (Å²) in [6.07, 6.45) is 0. The van der Waals surface area contributed by atoms with Crippen LogP contribution < -0.4 is 9.64 Å². The van der Waals surface area contributed by atoms with Gasteiger partial charge in [0.1, 0.15) is 5.75 Å². The van der Waals surface area contributed by atoms with E-state index >= 15 is 0 Å². The standard InChI is InChI=1S/C33H35NO3/c1-32(2,3)18-12-14-20-22(16-18)26-21-15-13-19(33(4,5)6)17-23(21)27(20)29-28(26)30(35)34(31(29)36)24-10-8-9-11-25(24)37-7/h8-17,26-29H,1-7H3. The van der Waals surface area contributed by atoms with E-state index in [2.05, 4.69) is 77.9 Å². The van der Waals surface area contributed by atoms with Gasteiger partial charge in [0.25, 0.3) is 0 Å². The maximum absolute atomic E-state index is 14.2. The zero-order valence-corrected chi connectivity index (χ0v) is 22.8. The molecule has 4 aliphatic rings. The van der Waals surface area contributed by atoms with Gasteiger partial charge in [0, 0.05) is 11.8 Å². The lowest BCUT2D eigenvalue weighted by Gasteiger charge is -2.47. The highest BCUT2D eigenvalue weighted by Gasteiger charge is 2.62. The normalized spacial score (nSPS) is 24.1. The van der Waals surface area contributed by atoms with Crippen LogP contribution in [0.2, 0.25) is 0 Å². The van der Waals surface area contributed by atoms with Crippen molar-refractivity contribution in [1.29, 1.82) is 0 Å². The summed E-state index contributed by atoms with van der Waals surface area (Å²) in [4.78, 5) is 29.8. The molecule has 1 aliphatic heterocycles. The van der Waals surface area contributed by atoms with Crippen LogP contribution in [0.5, 0.6) is 5.75 Å². The molecule has 1 heterocycles. The lowest BCUT2D eigenvalue weighted by Crippen LogP contribution is -2.42. The zero-order chi connectivity index (χ0) is 26.4. The maximum Gasteiger partial charge on any atom is 0.238 e. The molecule has 7 rings (SSSR count). The fourth-order valence-corrected chi connectivity index (χ4v) is 6.76. The number of amides is 2. The average molecular weight is 494 g/mol. The summed E-state index contributed by atoms with van der Waals surface area (Å²) in [7, 11) is 1.58. The highest BCUT2D eigenvalue weighted by atomic mass is 16.5. The number of carbonyl (C=O) groups is 2. The summed E-state index contributed by atoms with van der Waals surface area (Å²) in [5.74, 6) is -0.829. The van der Waals surface area contributed by atoms with E-state index in [0.29, 0.717) is 11.4 Å². The van der Waals surface area contributed by atoms with Crippen LogP contribution in [0.25, 0.3) is 0 Å². The fraction of sp³-hybridized carbons (Fsp3) is 0.394. The first-order chi connectivity index (χ1) is 17.4. The number of hydrogen-bond donors (Lipinski definition) is 0. The molecule has 1 fully saturated rings. The molecule has 0 saturated carbocycles. The molecule has 4 atom stereocenters. The monoisotopic (exact) mass is 493 g/mol. The Morgan fingerprint density at radius 1 is 0.649 bits per heavy atom. The summed E-state index contributed by atoms with van der Waals surface area (Å²) in [5.41, 5.74) is 7.82. The fourth-order valence-electron chi connectivity index (χ4n) is 6.76. The largest absolute Gasteiger partial charge is 0.495 e. The van der Waals surface area contributed by atoms with Gasteiger partial charge in [-0.2, -0.15) is 0 Å². The van der Waals surface area contributed by atoms with E-state index in [4.69, 9.17) is 4.74 Å². The average Bonchev–Trinajstić information content (AvgIpc) is 3.12. The second kappa shape index (κ2) is 7.80. The van der Waals surface area contributed by atoms with Crippen LogP contribution >= 0.6 is 0 Å². The van der Waals surface area contributed by atoms with Crippen molar-refractivity contribution in [2.24, 2.45) is 11.8 Å². The number of para-hydroxylation sites is 2. The number of rotatable bonds is 2. The Balaban J connectivity index is 1.58. The van der Waals surface area contributed by atoms with Crippen LogP contribution in [-0.2, 0) is 20.4 Å². The van der Waals surface area contributed by atoms with Crippen LogP contribution in [-0.4, -0.2) is 18.9 Å². The first-order valence-electron chi connectivity index (χ1n) is 13.2. The van der Waals surface area contributed by atoms with Crippen LogP contribution in [0.15, 0.2) is 60.7 Å². The summed E-state index contributed by atoms with van der Waals surface area (Å²) in [5, 5.41) is 0. The Hall–Kier alpha value is -3.40. The number of carbonyl (C=O) groups excluding carboxylic acids is 2. The lowest BCUT2D eigenvalue weighted by molar-refractivity contribution is -0.122. The SMILES string of the molecule is COc1ccccc1N1C(=O)C2C3c4ccc(C(C)(C)C)cc4C(c4ccc(C(C)(C)C)cc43)C2C1=O. The number of nitrogens with zero attached hydrogens (tertiary/aromatic N) is 1. The number of imide groups is 1. The van der Waals surface area contributed by atoms with Gasteiger partial charge in [0.05, 0.1) is 24.6 Å². The summed E-state index contributed by atoms with van der Waals surface area (Å²) in [6, 6.07) is 20.8. The summed E-state index contributed by atoms with van der Waals surface area (Å²) < 4.78 is 5.56. The molecule has 37 heavy (non-hydrogen) atoms. The molecule has 190 valence electrons. The second-order valence-corrected chi connectivity index (χ2v) is 12.9. The number of methoxy groups -OCH3 is 1. The van der Waals surface area contributed by atoms with Crippen LogP contribution in [0.4, 0.5) is 5.69 Å². The molecule has 0 N–H and O–H groups in total. The van der Waals surface area contributed by atoms with E-state index in [1.54, 1.807) is 13.2 Å². The second-order valence-electron chi connectivity index (χ2n) is 12.9. The third-order valence-corrected chi connectivity index (χ3v) is 8.69. The van der Waals surface area contributed by atoms with Crippen molar-refractivity contribution < 1.29 is 14.3 Å². The van der Waals surface area contributed by atoms with Gasteiger partial charge >= 0.3 is 0 Å². The molecule has 4 nitrogen and oxygen atoms in total. The quantitative estimate of drug-likeness (QED) is 0.374. The number of ether oxygens (including phenoxy) is 1. The molecule has 3 aromatic carbocycles. The van der Waals surface area contributed by atoms with Gasteiger partial charge in [-0.3, -0.25) is 9.59 Å². The number of hydrogen-bond acceptors (Lipinski definition) is 3. The molecule has 0 radical (unpaired) electrons. The van der Waals surface area contributed by atoms with Gasteiger partial charge in [-0.15, -0.1) is 0 Å². The first kappa shape index (κ1) is 24.0. The molecule has 2 amide bonds. The minimum absolute atomic E-state index is 0.0109. The van der Waals surface area contributed by atoms with Gasteiger partial charge in [-0.1, -0.05) is 90.1 Å². The maximum atomic E-state index is 14.2. The van der Waals surface area contributed by atoms with Crippen molar-refractivity contribution >= 4 is 17.5 Å². The van der Waals surface area contributed by atoms with Crippen LogP contribution in [0.1, 0.15) is 86.8 Å². The van der Waals surface area contributed by atoms with E-state index in [9.17, 15) is 9.59 Å². The number of benzene rings is 3. The van der Waals surface area contributed by atoms with E-state index < -0.39 is 11.8 Å². The Morgan fingerprint density at radius 2 is 1.11 bits per heavy atom. The predicted octanol–water partition coefficient (Wildman–Crippen LogP) is 6.69. The molecular formula is C33H35NO3. The third-order valence-electron chi connectivity index (χ3n) is 8.69. The van der Waals surface area contributed by atoms with Gasteiger partial charge < -0.3 is 4.74 Å². The minimum Gasteiger partial charge on any atom is -0.495 e. The van der Waals surface area contributed by atoms with Gasteiger partial charge in [0.15, 0.2) is 0 Å². The highest BCUT2D eigenvalue weighted by Crippen LogP contribution is 2.62. The third kappa shape index (κ3) is 3.34. The Kier molecular flexibility index (Phi) is 5.05. The first-order valence-corrected chi connectivity index (χ1v) is 13.2. The van der Waals surface area contributed by atoms with E-state index in [1.165, 1.54) is 38.3 Å². The molecule has 2 bridgehead atoms. The molecule has 0 spiro atoms. The topological polar surface area (TPSA) is 46.6 Å². The zero-order valence-electron chi connectivity index (χ0n) is 22.8. The minimum atomic E-state index is -0.418. The van der Waals surface area contributed by atoms with Crippen molar-refractivity contribution in [3.63, 3.8) is 0 Å². The summed E-state index contributed by atoms with van der Waals surface area (Å²) >= 11 is 0. The van der Waals surface area contributed by atoms with Crippen molar-refractivity contribution in [1.82, 2.24) is 0 Å². The Labute approximate surface area is 219 Å². The molecule has 3 aliphatic carbocycles. The van der Waals surface area contributed by atoms with Gasteiger partial charge in [-0.05, 0) is 56.3 Å². The predicted molar refractivity (Wildman–Crippen MR) is 146 cm³/mol. The molecule has 3 aromatic rings. The molecule has 4 heteroatoms. The summed E-state index contributed by atoms with van der Waals surface area (Å²) in [6.45, 7) is 13.3. The van der Waals surface area contributed by atoms with E-state index in [-0.39, 0.29) is 34.5 Å². The highest BCUT2D eigenvalue weighted by molar-refractivity contribution is 6.24.